The summed E-state index contributed by atoms with van der Waals surface area (Å²) in [5, 5.41) is 18.3. The summed E-state index contributed by atoms with van der Waals surface area (Å²) in [7, 11) is 0. The highest BCUT2D eigenvalue weighted by molar-refractivity contribution is 5.88. The minimum atomic E-state index is -1.19. The summed E-state index contributed by atoms with van der Waals surface area (Å²) in [5.41, 5.74) is -1.01. The van der Waals surface area contributed by atoms with Gasteiger partial charge in [-0.1, -0.05) is 13.2 Å². The van der Waals surface area contributed by atoms with Gasteiger partial charge < -0.3 is 19.7 Å². The summed E-state index contributed by atoms with van der Waals surface area (Å²) in [6, 6.07) is 0. The van der Waals surface area contributed by atoms with Crippen LogP contribution in [0.3, 0.4) is 0 Å². The van der Waals surface area contributed by atoms with E-state index in [1.54, 1.807) is 0 Å². The standard InChI is InChI=1S/C15H22O7/c1-9(2)13(19)21-7-11(16)8-22-14(20)15(4,5)6-10(3)12(17)18/h11,16H,1,3,6-8H2,2,4-5H3,(H,17,18). The number of carbonyl (C=O) groups excluding carboxylic acids is 2. The van der Waals surface area contributed by atoms with E-state index in [0.717, 1.165) is 0 Å². The first kappa shape index (κ1) is 19.9. The molecule has 0 bridgehead atoms. The van der Waals surface area contributed by atoms with Crippen LogP contribution in [0.4, 0.5) is 0 Å². The smallest absolute Gasteiger partial charge is 0.333 e. The van der Waals surface area contributed by atoms with Gasteiger partial charge in [0.1, 0.15) is 19.3 Å². The number of aliphatic carboxylic acids is 1. The molecular formula is C15H22O7. The Balaban J connectivity index is 4.31. The van der Waals surface area contributed by atoms with E-state index in [1.165, 1.54) is 20.8 Å². The number of esters is 2. The van der Waals surface area contributed by atoms with Gasteiger partial charge in [0.15, 0.2) is 0 Å². The maximum Gasteiger partial charge on any atom is 0.333 e. The highest BCUT2D eigenvalue weighted by Gasteiger charge is 2.32. The van der Waals surface area contributed by atoms with E-state index in [-0.39, 0.29) is 30.8 Å². The number of aliphatic hydroxyl groups excluding tert-OH is 1. The van der Waals surface area contributed by atoms with E-state index < -0.39 is 29.4 Å². The van der Waals surface area contributed by atoms with Gasteiger partial charge >= 0.3 is 17.9 Å². The van der Waals surface area contributed by atoms with Crippen LogP contribution >= 0.6 is 0 Å². The van der Waals surface area contributed by atoms with Gasteiger partial charge in [0, 0.05) is 11.1 Å². The molecule has 0 aromatic heterocycles. The van der Waals surface area contributed by atoms with Crippen LogP contribution in [-0.4, -0.2) is 47.4 Å². The Morgan fingerprint density at radius 2 is 1.64 bits per heavy atom. The number of hydrogen-bond acceptors (Lipinski definition) is 6. The van der Waals surface area contributed by atoms with Gasteiger partial charge in [-0.25, -0.2) is 9.59 Å². The minimum Gasteiger partial charge on any atom is -0.478 e. The molecule has 0 fully saturated rings. The van der Waals surface area contributed by atoms with Crippen LogP contribution in [0.15, 0.2) is 24.3 Å². The van der Waals surface area contributed by atoms with Crippen molar-refractivity contribution in [2.75, 3.05) is 13.2 Å². The lowest BCUT2D eigenvalue weighted by Gasteiger charge is -2.23. The summed E-state index contributed by atoms with van der Waals surface area (Å²) in [6.07, 6.45) is -1.26. The fourth-order valence-electron chi connectivity index (χ4n) is 1.39. The first-order valence-corrected chi connectivity index (χ1v) is 6.56. The molecule has 0 aliphatic rings. The van der Waals surface area contributed by atoms with Crippen LogP contribution in [0, 0.1) is 5.41 Å². The molecule has 1 unspecified atom stereocenters. The molecule has 7 heteroatoms. The molecule has 0 saturated carbocycles. The van der Waals surface area contributed by atoms with Gasteiger partial charge in [-0.05, 0) is 27.2 Å². The molecule has 0 aromatic carbocycles. The second kappa shape index (κ2) is 8.33. The number of carbonyl (C=O) groups is 3. The minimum absolute atomic E-state index is 0.0814. The Hall–Kier alpha value is -2.15. The van der Waals surface area contributed by atoms with Crippen LogP contribution < -0.4 is 0 Å². The molecule has 124 valence electrons. The van der Waals surface area contributed by atoms with Crippen molar-refractivity contribution in [3.63, 3.8) is 0 Å². The lowest BCUT2D eigenvalue weighted by atomic mass is 9.86. The van der Waals surface area contributed by atoms with Crippen LogP contribution in [0.25, 0.3) is 0 Å². The second-order valence-corrected chi connectivity index (χ2v) is 5.60. The Morgan fingerprint density at radius 1 is 1.14 bits per heavy atom. The third-order valence-electron chi connectivity index (χ3n) is 2.67. The number of hydrogen-bond donors (Lipinski definition) is 2. The molecule has 0 radical (unpaired) electrons. The maximum atomic E-state index is 11.9. The third kappa shape index (κ3) is 7.03. The van der Waals surface area contributed by atoms with Crippen LogP contribution in [0.2, 0.25) is 0 Å². The predicted molar refractivity (Wildman–Crippen MR) is 77.9 cm³/mol. The first-order chi connectivity index (χ1) is 9.97. The zero-order valence-corrected chi connectivity index (χ0v) is 13.0. The molecule has 0 aromatic rings. The van der Waals surface area contributed by atoms with Crippen molar-refractivity contribution < 1.29 is 34.1 Å². The number of aliphatic hydroxyl groups is 1. The zero-order valence-electron chi connectivity index (χ0n) is 13.0. The highest BCUT2D eigenvalue weighted by Crippen LogP contribution is 2.26. The van der Waals surface area contributed by atoms with Gasteiger partial charge in [0.2, 0.25) is 0 Å². The van der Waals surface area contributed by atoms with E-state index in [9.17, 15) is 19.5 Å². The number of carboxylic acid groups (broad SMARTS) is 1. The summed E-state index contributed by atoms with van der Waals surface area (Å²) in [4.78, 5) is 33.7. The summed E-state index contributed by atoms with van der Waals surface area (Å²) in [6.45, 7) is 10.5. The van der Waals surface area contributed by atoms with E-state index in [4.69, 9.17) is 14.6 Å². The normalized spacial score (nSPS) is 12.2. The van der Waals surface area contributed by atoms with Gasteiger partial charge in [0.25, 0.3) is 0 Å². The Bertz CT molecular complexity index is 476. The van der Waals surface area contributed by atoms with E-state index in [2.05, 4.69) is 13.2 Å². The van der Waals surface area contributed by atoms with Gasteiger partial charge in [-0.2, -0.15) is 0 Å². The topological polar surface area (TPSA) is 110 Å². The molecule has 0 aliphatic heterocycles. The summed E-state index contributed by atoms with van der Waals surface area (Å²) in [5.74, 6) is -2.52. The SMILES string of the molecule is C=C(C)C(=O)OCC(O)COC(=O)C(C)(C)CC(=C)C(=O)O. The third-order valence-corrected chi connectivity index (χ3v) is 2.67. The molecule has 1 atom stereocenters. The van der Waals surface area contributed by atoms with Crippen LogP contribution in [0.5, 0.6) is 0 Å². The highest BCUT2D eigenvalue weighted by atomic mass is 16.6. The number of rotatable bonds is 9. The first-order valence-electron chi connectivity index (χ1n) is 6.56. The molecule has 22 heavy (non-hydrogen) atoms. The monoisotopic (exact) mass is 314 g/mol. The summed E-state index contributed by atoms with van der Waals surface area (Å²) >= 11 is 0. The van der Waals surface area contributed by atoms with E-state index >= 15 is 0 Å². The molecule has 0 spiro atoms. The lowest BCUT2D eigenvalue weighted by molar-refractivity contribution is -0.159. The molecule has 0 saturated heterocycles. The van der Waals surface area contributed by atoms with Crippen LogP contribution in [0.1, 0.15) is 27.2 Å². The average molecular weight is 314 g/mol. The van der Waals surface area contributed by atoms with Crippen molar-refractivity contribution in [1.29, 1.82) is 0 Å². The largest absolute Gasteiger partial charge is 0.478 e. The maximum absolute atomic E-state index is 11.9. The van der Waals surface area contributed by atoms with Crippen molar-refractivity contribution in [1.82, 2.24) is 0 Å². The fourth-order valence-corrected chi connectivity index (χ4v) is 1.39. The Kier molecular flexibility index (Phi) is 7.52. The molecule has 0 amide bonds. The van der Waals surface area contributed by atoms with Crippen molar-refractivity contribution in [3.05, 3.63) is 24.3 Å². The van der Waals surface area contributed by atoms with Crippen molar-refractivity contribution in [2.24, 2.45) is 5.41 Å². The van der Waals surface area contributed by atoms with Crippen LogP contribution in [-0.2, 0) is 23.9 Å². The molecule has 0 aliphatic carbocycles. The van der Waals surface area contributed by atoms with E-state index in [0.29, 0.717) is 0 Å². The van der Waals surface area contributed by atoms with Gasteiger partial charge in [0.05, 0.1) is 5.41 Å². The Morgan fingerprint density at radius 3 is 2.09 bits per heavy atom. The zero-order chi connectivity index (χ0) is 17.5. The average Bonchev–Trinajstić information content (AvgIpc) is 2.40. The quantitative estimate of drug-likeness (QED) is 0.483. The molecule has 0 heterocycles. The van der Waals surface area contributed by atoms with Crippen molar-refractivity contribution in [3.8, 4) is 0 Å². The number of ether oxygens (including phenoxy) is 2. The fraction of sp³-hybridized carbons (Fsp3) is 0.533. The van der Waals surface area contributed by atoms with Gasteiger partial charge in [-0.15, -0.1) is 0 Å². The molecule has 2 N–H and O–H groups in total. The van der Waals surface area contributed by atoms with Crippen molar-refractivity contribution >= 4 is 17.9 Å². The van der Waals surface area contributed by atoms with Gasteiger partial charge in [-0.3, -0.25) is 4.79 Å². The number of carboxylic acids is 1. The predicted octanol–water partition coefficient (Wildman–Crippen LogP) is 1.07. The molecule has 0 rings (SSSR count). The molecular weight excluding hydrogens is 292 g/mol. The molecule has 7 nitrogen and oxygen atoms in total. The summed E-state index contributed by atoms with van der Waals surface area (Å²) < 4.78 is 9.61. The lowest BCUT2D eigenvalue weighted by Crippen LogP contribution is -2.32. The Labute approximate surface area is 129 Å². The van der Waals surface area contributed by atoms with E-state index in [1.807, 2.05) is 0 Å². The van der Waals surface area contributed by atoms with Crippen molar-refractivity contribution in [2.45, 2.75) is 33.3 Å². The second-order valence-electron chi connectivity index (χ2n) is 5.60.